The van der Waals surface area contributed by atoms with Crippen LogP contribution in [-0.4, -0.2) is 15.7 Å². The summed E-state index contributed by atoms with van der Waals surface area (Å²) in [5.74, 6) is -0.173. The van der Waals surface area contributed by atoms with E-state index in [1.165, 1.54) is 0 Å². The van der Waals surface area contributed by atoms with E-state index in [9.17, 15) is 4.79 Å². The van der Waals surface area contributed by atoms with Crippen molar-refractivity contribution >= 4 is 28.9 Å². The van der Waals surface area contributed by atoms with Crippen molar-refractivity contribution in [1.82, 2.24) is 9.78 Å². The molecular weight excluding hydrogens is 264 g/mol. The number of nitrogen functional groups attached to an aromatic ring is 1. The number of nitrogens with two attached hydrogens (primary N) is 1. The molecule has 1 amide bonds. The number of amides is 1. The molecule has 1 heterocycles. The zero-order chi connectivity index (χ0) is 14.0. The van der Waals surface area contributed by atoms with Crippen LogP contribution in [0.3, 0.4) is 0 Å². The number of aromatic nitrogens is 2. The second-order valence-electron chi connectivity index (χ2n) is 4.30. The Morgan fingerprint density at radius 1 is 1.47 bits per heavy atom. The van der Waals surface area contributed by atoms with Crippen molar-refractivity contribution in [2.45, 2.75) is 20.4 Å². The van der Waals surface area contributed by atoms with Gasteiger partial charge in [0.1, 0.15) is 6.54 Å². The molecule has 100 valence electrons. The highest BCUT2D eigenvalue weighted by molar-refractivity contribution is 6.30. The maximum absolute atomic E-state index is 11.9. The van der Waals surface area contributed by atoms with Crippen LogP contribution < -0.4 is 11.1 Å². The van der Waals surface area contributed by atoms with Gasteiger partial charge in [-0.15, -0.1) is 0 Å². The molecule has 0 saturated heterocycles. The zero-order valence-corrected chi connectivity index (χ0v) is 11.5. The molecule has 0 aliphatic heterocycles. The van der Waals surface area contributed by atoms with Crippen LogP contribution in [0.2, 0.25) is 5.02 Å². The lowest BCUT2D eigenvalue weighted by molar-refractivity contribution is -0.116. The molecule has 0 unspecified atom stereocenters. The number of benzene rings is 1. The van der Waals surface area contributed by atoms with Crippen LogP contribution in [0.15, 0.2) is 24.3 Å². The van der Waals surface area contributed by atoms with E-state index in [1.54, 1.807) is 28.9 Å². The third-order valence-corrected chi connectivity index (χ3v) is 3.07. The third kappa shape index (κ3) is 3.06. The van der Waals surface area contributed by atoms with Crippen LogP contribution in [0.25, 0.3) is 0 Å². The average molecular weight is 279 g/mol. The second-order valence-corrected chi connectivity index (χ2v) is 4.74. The Kier molecular flexibility index (Phi) is 3.76. The summed E-state index contributed by atoms with van der Waals surface area (Å²) in [5, 5.41) is 7.55. The van der Waals surface area contributed by atoms with Crippen LogP contribution in [0.4, 0.5) is 11.4 Å². The average Bonchev–Trinajstić information content (AvgIpc) is 2.57. The maximum Gasteiger partial charge on any atom is 0.246 e. The Bertz CT molecular complexity index is 621. The number of rotatable bonds is 3. The molecule has 1 aromatic heterocycles. The fourth-order valence-electron chi connectivity index (χ4n) is 1.77. The van der Waals surface area contributed by atoms with Crippen molar-refractivity contribution in [2.75, 3.05) is 11.1 Å². The van der Waals surface area contributed by atoms with Gasteiger partial charge in [-0.25, -0.2) is 0 Å². The van der Waals surface area contributed by atoms with E-state index in [-0.39, 0.29) is 12.5 Å². The summed E-state index contributed by atoms with van der Waals surface area (Å²) in [6.45, 7) is 3.77. The van der Waals surface area contributed by atoms with E-state index < -0.39 is 0 Å². The number of hydrogen-bond donors (Lipinski definition) is 2. The van der Waals surface area contributed by atoms with Crippen LogP contribution in [0.5, 0.6) is 0 Å². The van der Waals surface area contributed by atoms with Gasteiger partial charge in [-0.3, -0.25) is 9.48 Å². The monoisotopic (exact) mass is 278 g/mol. The first kappa shape index (κ1) is 13.4. The normalized spacial score (nSPS) is 10.5. The quantitative estimate of drug-likeness (QED) is 0.905. The van der Waals surface area contributed by atoms with Crippen LogP contribution in [0, 0.1) is 13.8 Å². The highest BCUT2D eigenvalue weighted by Gasteiger charge is 2.11. The van der Waals surface area contributed by atoms with Crippen molar-refractivity contribution in [1.29, 1.82) is 0 Å². The van der Waals surface area contributed by atoms with Crippen LogP contribution >= 0.6 is 11.6 Å². The third-order valence-electron chi connectivity index (χ3n) is 2.84. The number of aryl methyl sites for hydroxylation is 1. The van der Waals surface area contributed by atoms with E-state index in [4.69, 9.17) is 17.3 Å². The molecule has 0 fully saturated rings. The molecule has 1 aromatic carbocycles. The number of carbonyl (C=O) groups excluding carboxylic acids is 1. The predicted octanol–water partition coefficient (Wildman–Crippen LogP) is 2.37. The summed E-state index contributed by atoms with van der Waals surface area (Å²) in [7, 11) is 0. The predicted molar refractivity (Wildman–Crippen MR) is 76.2 cm³/mol. The summed E-state index contributed by atoms with van der Waals surface area (Å²) in [5.41, 5.74) is 8.62. The molecule has 3 N–H and O–H groups in total. The maximum atomic E-state index is 11.9. The Labute approximate surface area is 116 Å². The molecule has 0 bridgehead atoms. The molecule has 0 radical (unpaired) electrons. The van der Waals surface area contributed by atoms with Gasteiger partial charge >= 0.3 is 0 Å². The largest absolute Gasteiger partial charge is 0.396 e. The molecule has 0 atom stereocenters. The summed E-state index contributed by atoms with van der Waals surface area (Å²) in [6.07, 6.45) is 0. The number of nitrogens with one attached hydrogen (secondary N) is 1. The lowest BCUT2D eigenvalue weighted by atomic mass is 10.3. The standard InChI is InChI=1S/C13H15ClN4O/c1-8-13(15)9(2)18(17-8)7-12(19)16-11-5-3-4-10(14)6-11/h3-6H,7,15H2,1-2H3,(H,16,19). The van der Waals surface area contributed by atoms with Crippen molar-refractivity contribution < 1.29 is 4.79 Å². The van der Waals surface area contributed by atoms with E-state index >= 15 is 0 Å². The molecule has 0 spiro atoms. The Balaban J connectivity index is 2.07. The molecule has 6 heteroatoms. The van der Waals surface area contributed by atoms with Gasteiger partial charge in [-0.2, -0.15) is 5.10 Å². The van der Waals surface area contributed by atoms with Crippen molar-refractivity contribution in [3.63, 3.8) is 0 Å². The minimum absolute atomic E-state index is 0.121. The number of hydrogen-bond acceptors (Lipinski definition) is 3. The summed E-state index contributed by atoms with van der Waals surface area (Å²) in [6, 6.07) is 6.99. The Morgan fingerprint density at radius 3 is 2.79 bits per heavy atom. The first-order valence-electron chi connectivity index (χ1n) is 5.82. The molecule has 2 rings (SSSR count). The van der Waals surface area contributed by atoms with E-state index in [2.05, 4.69) is 10.4 Å². The van der Waals surface area contributed by atoms with Gasteiger partial charge < -0.3 is 11.1 Å². The molecule has 5 nitrogen and oxygen atoms in total. The summed E-state index contributed by atoms with van der Waals surface area (Å²) >= 11 is 5.85. The number of carbonyl (C=O) groups is 1. The van der Waals surface area contributed by atoms with Crippen molar-refractivity contribution in [3.8, 4) is 0 Å². The first-order valence-corrected chi connectivity index (χ1v) is 6.20. The lowest BCUT2D eigenvalue weighted by Gasteiger charge is -2.07. The van der Waals surface area contributed by atoms with Gasteiger partial charge in [0, 0.05) is 10.7 Å². The molecule has 0 aliphatic rings. The van der Waals surface area contributed by atoms with Gasteiger partial charge in [-0.05, 0) is 32.0 Å². The SMILES string of the molecule is Cc1nn(CC(=O)Nc2cccc(Cl)c2)c(C)c1N. The van der Waals surface area contributed by atoms with Gasteiger partial charge in [0.15, 0.2) is 0 Å². The smallest absolute Gasteiger partial charge is 0.246 e. The fraction of sp³-hybridized carbons (Fsp3) is 0.231. The molecule has 0 saturated carbocycles. The first-order chi connectivity index (χ1) is 8.97. The molecule has 2 aromatic rings. The summed E-state index contributed by atoms with van der Waals surface area (Å²) < 4.78 is 1.59. The van der Waals surface area contributed by atoms with Crippen LogP contribution in [0.1, 0.15) is 11.4 Å². The van der Waals surface area contributed by atoms with E-state index in [0.717, 1.165) is 11.4 Å². The van der Waals surface area contributed by atoms with E-state index in [1.807, 2.05) is 13.8 Å². The minimum atomic E-state index is -0.173. The summed E-state index contributed by atoms with van der Waals surface area (Å²) in [4.78, 5) is 11.9. The Hall–Kier alpha value is -2.01. The van der Waals surface area contributed by atoms with Crippen molar-refractivity contribution in [2.24, 2.45) is 0 Å². The van der Waals surface area contributed by atoms with Gasteiger partial charge in [0.25, 0.3) is 0 Å². The number of anilines is 2. The highest BCUT2D eigenvalue weighted by Crippen LogP contribution is 2.16. The van der Waals surface area contributed by atoms with E-state index in [0.29, 0.717) is 16.4 Å². The second kappa shape index (κ2) is 5.32. The zero-order valence-electron chi connectivity index (χ0n) is 10.8. The lowest BCUT2D eigenvalue weighted by Crippen LogP contribution is -2.20. The number of nitrogens with zero attached hydrogens (tertiary/aromatic N) is 2. The van der Waals surface area contributed by atoms with Crippen LogP contribution in [-0.2, 0) is 11.3 Å². The number of halogens is 1. The molecule has 0 aliphatic carbocycles. The van der Waals surface area contributed by atoms with Crippen molar-refractivity contribution in [3.05, 3.63) is 40.7 Å². The Morgan fingerprint density at radius 2 is 2.21 bits per heavy atom. The molecular formula is C13H15ClN4O. The fourth-order valence-corrected chi connectivity index (χ4v) is 1.96. The van der Waals surface area contributed by atoms with Gasteiger partial charge in [0.2, 0.25) is 5.91 Å². The molecule has 19 heavy (non-hydrogen) atoms. The minimum Gasteiger partial charge on any atom is -0.396 e. The van der Waals surface area contributed by atoms with Gasteiger partial charge in [-0.1, -0.05) is 17.7 Å². The highest BCUT2D eigenvalue weighted by atomic mass is 35.5. The van der Waals surface area contributed by atoms with Gasteiger partial charge in [0.05, 0.1) is 17.1 Å². The topological polar surface area (TPSA) is 72.9 Å².